The molecule has 1 saturated heterocycles. The minimum Gasteiger partial charge on any atom is -0.336 e. The second-order valence-electron chi connectivity index (χ2n) is 8.10. The third-order valence-electron chi connectivity index (χ3n) is 5.37. The number of H-pyrrole nitrogens is 1. The van der Waals surface area contributed by atoms with Crippen LogP contribution in [-0.4, -0.2) is 58.6 Å². The maximum atomic E-state index is 12.9. The minimum atomic E-state index is 0.121. The van der Waals surface area contributed by atoms with Crippen LogP contribution in [0.1, 0.15) is 24.2 Å². The van der Waals surface area contributed by atoms with E-state index < -0.39 is 0 Å². The predicted octanol–water partition coefficient (Wildman–Crippen LogP) is 4.16. The van der Waals surface area contributed by atoms with Crippen LogP contribution in [0, 0.1) is 5.92 Å². The molecule has 0 saturated carbocycles. The quantitative estimate of drug-likeness (QED) is 0.714. The number of nitrogens with one attached hydrogen (secondary N) is 1. The van der Waals surface area contributed by atoms with Crippen molar-refractivity contribution in [2.75, 3.05) is 32.7 Å². The van der Waals surface area contributed by atoms with E-state index in [1.807, 2.05) is 65.6 Å². The van der Waals surface area contributed by atoms with E-state index in [9.17, 15) is 4.79 Å². The first-order valence-electron chi connectivity index (χ1n) is 10.3. The molecule has 0 bridgehead atoms. The molecule has 1 aliphatic rings. The Kier molecular flexibility index (Phi) is 5.76. The summed E-state index contributed by atoms with van der Waals surface area (Å²) in [4.78, 5) is 17.3. The van der Waals surface area contributed by atoms with E-state index in [0.29, 0.717) is 5.92 Å². The van der Waals surface area contributed by atoms with Gasteiger partial charge in [0.2, 0.25) is 0 Å². The van der Waals surface area contributed by atoms with Gasteiger partial charge in [-0.05, 0) is 29.7 Å². The third kappa shape index (κ3) is 4.57. The Bertz CT molecular complexity index is 939. The van der Waals surface area contributed by atoms with E-state index in [2.05, 4.69) is 28.9 Å². The largest absolute Gasteiger partial charge is 0.336 e. The number of hydrogen-bond acceptors (Lipinski definition) is 3. The van der Waals surface area contributed by atoms with Crippen LogP contribution in [0.15, 0.2) is 60.7 Å². The number of rotatable bonds is 5. The van der Waals surface area contributed by atoms with Gasteiger partial charge < -0.3 is 4.90 Å². The van der Waals surface area contributed by atoms with Gasteiger partial charge >= 0.3 is 0 Å². The van der Waals surface area contributed by atoms with Crippen LogP contribution in [0.3, 0.4) is 0 Å². The maximum Gasteiger partial charge on any atom is 0.253 e. The molecule has 0 spiro atoms. The standard InChI is InChI=1S/C24H28N4O/c1-18(2)17-27-12-14-28(15-13-27)24(29)21-10-8-20(9-11-21)23-16-22(25-26-23)19-6-4-3-5-7-19/h3-11,16,18H,12-15,17H2,1-2H3,(H,25,26). The van der Waals surface area contributed by atoms with Crippen molar-refractivity contribution < 1.29 is 4.79 Å². The highest BCUT2D eigenvalue weighted by Gasteiger charge is 2.22. The zero-order chi connectivity index (χ0) is 20.2. The highest BCUT2D eigenvalue weighted by molar-refractivity contribution is 5.94. The SMILES string of the molecule is CC(C)CN1CCN(C(=O)c2ccc(-c3cc(-c4ccccc4)n[nH]3)cc2)CC1. The van der Waals surface area contributed by atoms with Gasteiger partial charge in [0.15, 0.2) is 0 Å². The van der Waals surface area contributed by atoms with Crippen molar-refractivity contribution in [2.24, 2.45) is 5.92 Å². The van der Waals surface area contributed by atoms with Crippen LogP contribution in [0.5, 0.6) is 0 Å². The summed E-state index contributed by atoms with van der Waals surface area (Å²) >= 11 is 0. The normalized spacial score (nSPS) is 15.1. The highest BCUT2D eigenvalue weighted by atomic mass is 16.2. The molecule has 1 aliphatic heterocycles. The van der Waals surface area contributed by atoms with Gasteiger partial charge in [-0.1, -0.05) is 56.3 Å². The Labute approximate surface area is 172 Å². The van der Waals surface area contributed by atoms with Crippen molar-refractivity contribution in [1.82, 2.24) is 20.0 Å². The van der Waals surface area contributed by atoms with Gasteiger partial charge in [-0.15, -0.1) is 0 Å². The van der Waals surface area contributed by atoms with E-state index in [4.69, 9.17) is 0 Å². The first-order valence-corrected chi connectivity index (χ1v) is 10.3. The van der Waals surface area contributed by atoms with Crippen molar-refractivity contribution >= 4 is 5.91 Å². The van der Waals surface area contributed by atoms with Crippen molar-refractivity contribution in [1.29, 1.82) is 0 Å². The van der Waals surface area contributed by atoms with Crippen molar-refractivity contribution in [2.45, 2.75) is 13.8 Å². The first kappa shape index (κ1) is 19.4. The van der Waals surface area contributed by atoms with Crippen molar-refractivity contribution in [3.63, 3.8) is 0 Å². The molecule has 3 aromatic rings. The lowest BCUT2D eigenvalue weighted by molar-refractivity contribution is 0.0624. The molecule has 0 aliphatic carbocycles. The monoisotopic (exact) mass is 388 g/mol. The minimum absolute atomic E-state index is 0.121. The van der Waals surface area contributed by atoms with Crippen LogP contribution in [0.4, 0.5) is 0 Å². The second kappa shape index (κ2) is 8.62. The molecular weight excluding hydrogens is 360 g/mol. The van der Waals surface area contributed by atoms with Crippen molar-refractivity contribution in [3.05, 3.63) is 66.2 Å². The Morgan fingerprint density at radius 3 is 2.31 bits per heavy atom. The fraction of sp³-hybridized carbons (Fsp3) is 0.333. The van der Waals surface area contributed by atoms with Gasteiger partial charge in [0.1, 0.15) is 0 Å². The second-order valence-corrected chi connectivity index (χ2v) is 8.10. The predicted molar refractivity (Wildman–Crippen MR) is 117 cm³/mol. The number of carbonyl (C=O) groups is 1. The molecule has 1 aromatic heterocycles. The lowest BCUT2D eigenvalue weighted by atomic mass is 10.1. The number of aromatic amines is 1. The van der Waals surface area contributed by atoms with Crippen LogP contribution >= 0.6 is 0 Å². The molecule has 5 heteroatoms. The van der Waals surface area contributed by atoms with Gasteiger partial charge in [-0.3, -0.25) is 14.8 Å². The van der Waals surface area contributed by atoms with Gasteiger partial charge in [0, 0.05) is 43.9 Å². The van der Waals surface area contributed by atoms with Gasteiger partial charge in [-0.2, -0.15) is 5.10 Å². The zero-order valence-corrected chi connectivity index (χ0v) is 17.1. The van der Waals surface area contributed by atoms with Crippen LogP contribution in [0.2, 0.25) is 0 Å². The van der Waals surface area contributed by atoms with Crippen LogP contribution in [-0.2, 0) is 0 Å². The average Bonchev–Trinajstić information content (AvgIpc) is 3.24. The highest BCUT2D eigenvalue weighted by Crippen LogP contribution is 2.24. The van der Waals surface area contributed by atoms with E-state index in [-0.39, 0.29) is 5.91 Å². The molecular formula is C24H28N4O. The summed E-state index contributed by atoms with van der Waals surface area (Å²) in [7, 11) is 0. The van der Waals surface area contributed by atoms with Gasteiger partial charge in [-0.25, -0.2) is 0 Å². The molecule has 1 N–H and O–H groups in total. The van der Waals surface area contributed by atoms with E-state index in [0.717, 1.165) is 60.8 Å². The number of amides is 1. The Morgan fingerprint density at radius 2 is 1.66 bits per heavy atom. The van der Waals surface area contributed by atoms with Crippen LogP contribution < -0.4 is 0 Å². The van der Waals surface area contributed by atoms with Crippen LogP contribution in [0.25, 0.3) is 22.5 Å². The average molecular weight is 389 g/mol. The first-order chi connectivity index (χ1) is 14.1. The molecule has 0 unspecified atom stereocenters. The number of aromatic nitrogens is 2. The van der Waals surface area contributed by atoms with Crippen molar-refractivity contribution in [3.8, 4) is 22.5 Å². The molecule has 0 atom stereocenters. The topological polar surface area (TPSA) is 52.2 Å². The zero-order valence-electron chi connectivity index (χ0n) is 17.1. The summed E-state index contributed by atoms with van der Waals surface area (Å²) in [6.45, 7) is 9.09. The van der Waals surface area contributed by atoms with E-state index in [1.165, 1.54) is 0 Å². The number of piperazine rings is 1. The number of carbonyl (C=O) groups excluding carboxylic acids is 1. The maximum absolute atomic E-state index is 12.9. The molecule has 29 heavy (non-hydrogen) atoms. The van der Waals surface area contributed by atoms with Gasteiger partial charge in [0.25, 0.3) is 5.91 Å². The molecule has 5 nitrogen and oxygen atoms in total. The lowest BCUT2D eigenvalue weighted by Gasteiger charge is -2.35. The fourth-order valence-electron chi connectivity index (χ4n) is 3.85. The smallest absolute Gasteiger partial charge is 0.253 e. The summed E-state index contributed by atoms with van der Waals surface area (Å²) < 4.78 is 0. The Hall–Kier alpha value is -2.92. The molecule has 2 heterocycles. The molecule has 4 rings (SSSR count). The molecule has 2 aromatic carbocycles. The van der Waals surface area contributed by atoms with Gasteiger partial charge in [0.05, 0.1) is 11.4 Å². The summed E-state index contributed by atoms with van der Waals surface area (Å²) in [5, 5.41) is 7.52. The molecule has 1 fully saturated rings. The summed E-state index contributed by atoms with van der Waals surface area (Å²) in [6, 6.07) is 20.0. The fourth-order valence-corrected chi connectivity index (χ4v) is 3.85. The molecule has 1 amide bonds. The summed E-state index contributed by atoms with van der Waals surface area (Å²) in [5.41, 5.74) is 4.72. The number of benzene rings is 2. The number of nitrogens with zero attached hydrogens (tertiary/aromatic N) is 3. The lowest BCUT2D eigenvalue weighted by Crippen LogP contribution is -2.49. The number of hydrogen-bond donors (Lipinski definition) is 1. The summed E-state index contributed by atoms with van der Waals surface area (Å²) in [6.07, 6.45) is 0. The van der Waals surface area contributed by atoms with E-state index >= 15 is 0 Å². The Balaban J connectivity index is 1.41. The van der Waals surface area contributed by atoms with E-state index in [1.54, 1.807) is 0 Å². The summed E-state index contributed by atoms with van der Waals surface area (Å²) in [5.74, 6) is 0.782. The molecule has 0 radical (unpaired) electrons. The third-order valence-corrected chi connectivity index (χ3v) is 5.37. The molecule has 150 valence electrons. The Morgan fingerprint density at radius 1 is 0.966 bits per heavy atom.